The molecule has 0 radical (unpaired) electrons. The van der Waals surface area contributed by atoms with E-state index in [1.807, 2.05) is 6.92 Å². The van der Waals surface area contributed by atoms with Gasteiger partial charge in [-0.25, -0.2) is 9.37 Å². The predicted octanol–water partition coefficient (Wildman–Crippen LogP) is 2.91. The number of benzene rings is 1. The first-order chi connectivity index (χ1) is 14.9. The van der Waals surface area contributed by atoms with Crippen molar-refractivity contribution in [3.63, 3.8) is 0 Å². The van der Waals surface area contributed by atoms with E-state index >= 15 is 0 Å². The van der Waals surface area contributed by atoms with Crippen LogP contribution in [-0.4, -0.2) is 47.0 Å². The number of hydrogen-bond acceptors (Lipinski definition) is 4. The molecule has 2 saturated heterocycles. The van der Waals surface area contributed by atoms with E-state index in [4.69, 9.17) is 0 Å². The lowest BCUT2D eigenvalue weighted by atomic mass is 9.76. The second-order valence-electron chi connectivity index (χ2n) is 9.43. The Labute approximate surface area is 193 Å². The lowest BCUT2D eigenvalue weighted by Gasteiger charge is -2.39. The van der Waals surface area contributed by atoms with E-state index in [0.717, 1.165) is 68.4 Å². The molecule has 1 amide bonds. The van der Waals surface area contributed by atoms with Gasteiger partial charge in [0.15, 0.2) is 0 Å². The number of carbonyl (C=O) groups is 1. The Hall–Kier alpha value is -2.25. The fourth-order valence-corrected chi connectivity index (χ4v) is 5.64. The smallest absolute Gasteiger partial charge is 0.256 e. The average Bonchev–Trinajstić information content (AvgIpc) is 3.39. The van der Waals surface area contributed by atoms with Crippen molar-refractivity contribution in [2.24, 2.45) is 5.92 Å². The molecule has 1 spiro atoms. The maximum Gasteiger partial charge on any atom is 0.256 e. The van der Waals surface area contributed by atoms with Crippen molar-refractivity contribution in [1.29, 1.82) is 0 Å². The van der Waals surface area contributed by atoms with E-state index in [-0.39, 0.29) is 34.9 Å². The van der Waals surface area contributed by atoms with Crippen LogP contribution in [-0.2, 0) is 18.3 Å². The fourth-order valence-electron chi connectivity index (χ4n) is 5.64. The molecule has 1 atom stereocenters. The minimum absolute atomic E-state index is 0. The number of carbonyl (C=O) groups excluding carboxylic acids is 1. The molecule has 6 nitrogen and oxygen atoms in total. The number of rotatable bonds is 3. The highest BCUT2D eigenvalue weighted by Crippen LogP contribution is 2.44. The summed E-state index contributed by atoms with van der Waals surface area (Å²) in [5.74, 6) is 0.505. The molecule has 2 aliphatic heterocycles. The number of nitrogens with zero attached hydrogens (tertiary/aromatic N) is 2. The standard InChI is InChI=1S/C24H29FN4O2.ClH/c1-15-27-21-18(22(30)28-15)4-6-24(21)7-10-29(11-8-24)23(31)19-13-16(2-3-20(19)25)12-17-5-9-26-14-17;/h2-3,13,17,26H,4-12,14H2,1H3,(H,27,28,30);1H. The van der Waals surface area contributed by atoms with Gasteiger partial charge < -0.3 is 15.2 Å². The number of piperidine rings is 1. The van der Waals surface area contributed by atoms with Crippen LogP contribution < -0.4 is 10.9 Å². The van der Waals surface area contributed by atoms with E-state index < -0.39 is 5.82 Å². The summed E-state index contributed by atoms with van der Waals surface area (Å²) in [6.07, 6.45) is 5.13. The van der Waals surface area contributed by atoms with Gasteiger partial charge >= 0.3 is 0 Å². The van der Waals surface area contributed by atoms with E-state index in [0.29, 0.717) is 24.8 Å². The highest BCUT2D eigenvalue weighted by atomic mass is 35.5. The van der Waals surface area contributed by atoms with Gasteiger partial charge in [-0.2, -0.15) is 0 Å². The number of amides is 1. The lowest BCUT2D eigenvalue weighted by Crippen LogP contribution is -2.45. The Morgan fingerprint density at radius 1 is 1.28 bits per heavy atom. The Balaban J connectivity index is 0.00000245. The number of fused-ring (bicyclic) bond motifs is 2. The van der Waals surface area contributed by atoms with Crippen molar-refractivity contribution >= 4 is 18.3 Å². The topological polar surface area (TPSA) is 78.1 Å². The second-order valence-corrected chi connectivity index (χ2v) is 9.43. The fraction of sp³-hybridized carbons (Fsp3) is 0.542. The van der Waals surface area contributed by atoms with Crippen molar-refractivity contribution in [2.45, 2.75) is 50.9 Å². The summed E-state index contributed by atoms with van der Waals surface area (Å²) in [7, 11) is 0. The van der Waals surface area contributed by atoms with Gasteiger partial charge in [-0.1, -0.05) is 6.07 Å². The van der Waals surface area contributed by atoms with Crippen LogP contribution in [0.25, 0.3) is 0 Å². The molecule has 1 aliphatic carbocycles. The van der Waals surface area contributed by atoms with Gasteiger partial charge in [0.05, 0.1) is 11.3 Å². The zero-order valence-corrected chi connectivity index (χ0v) is 19.2. The lowest BCUT2D eigenvalue weighted by molar-refractivity contribution is 0.0658. The van der Waals surface area contributed by atoms with Crippen LogP contribution in [0.15, 0.2) is 23.0 Å². The summed E-state index contributed by atoms with van der Waals surface area (Å²) in [4.78, 5) is 34.7. The highest BCUT2D eigenvalue weighted by Gasteiger charge is 2.44. The van der Waals surface area contributed by atoms with Crippen molar-refractivity contribution in [3.05, 3.63) is 62.6 Å². The molecule has 1 unspecified atom stereocenters. The minimum atomic E-state index is -0.450. The van der Waals surface area contributed by atoms with E-state index in [9.17, 15) is 14.0 Å². The summed E-state index contributed by atoms with van der Waals surface area (Å²) in [5.41, 5.74) is 2.74. The number of halogens is 2. The highest BCUT2D eigenvalue weighted by molar-refractivity contribution is 5.94. The summed E-state index contributed by atoms with van der Waals surface area (Å²) < 4.78 is 14.6. The van der Waals surface area contributed by atoms with E-state index in [1.54, 1.807) is 17.0 Å². The Morgan fingerprint density at radius 3 is 2.78 bits per heavy atom. The van der Waals surface area contributed by atoms with Crippen LogP contribution in [0.3, 0.4) is 0 Å². The zero-order valence-electron chi connectivity index (χ0n) is 18.4. The third-order valence-electron chi connectivity index (χ3n) is 7.45. The molecule has 32 heavy (non-hydrogen) atoms. The molecule has 3 heterocycles. The van der Waals surface area contributed by atoms with Gasteiger partial charge in [0.25, 0.3) is 11.5 Å². The van der Waals surface area contributed by atoms with Crippen molar-refractivity contribution in [3.8, 4) is 0 Å². The Bertz CT molecular complexity index is 1070. The molecule has 2 aromatic rings. The van der Waals surface area contributed by atoms with Gasteiger partial charge in [0.2, 0.25) is 0 Å². The number of H-pyrrole nitrogens is 1. The zero-order chi connectivity index (χ0) is 21.6. The van der Waals surface area contributed by atoms with Gasteiger partial charge in [-0.3, -0.25) is 9.59 Å². The van der Waals surface area contributed by atoms with Crippen molar-refractivity contribution in [2.75, 3.05) is 26.2 Å². The van der Waals surface area contributed by atoms with Crippen molar-refractivity contribution < 1.29 is 9.18 Å². The molecule has 1 aromatic carbocycles. The maximum absolute atomic E-state index is 14.6. The number of aromatic amines is 1. The first kappa shape index (κ1) is 22.9. The summed E-state index contributed by atoms with van der Waals surface area (Å²) in [6, 6.07) is 4.98. The van der Waals surface area contributed by atoms with Crippen LogP contribution in [0.5, 0.6) is 0 Å². The largest absolute Gasteiger partial charge is 0.338 e. The molecule has 172 valence electrons. The number of nitrogens with one attached hydrogen (secondary N) is 2. The number of aryl methyl sites for hydroxylation is 1. The molecule has 0 bridgehead atoms. The summed E-state index contributed by atoms with van der Waals surface area (Å²) in [6.45, 7) is 4.93. The van der Waals surface area contributed by atoms with Gasteiger partial charge in [0, 0.05) is 24.1 Å². The third kappa shape index (κ3) is 4.08. The number of aromatic nitrogens is 2. The van der Waals surface area contributed by atoms with E-state index in [1.165, 1.54) is 6.07 Å². The first-order valence-corrected chi connectivity index (χ1v) is 11.3. The quantitative estimate of drug-likeness (QED) is 0.738. The van der Waals surface area contributed by atoms with Crippen LogP contribution in [0.1, 0.15) is 58.7 Å². The molecular formula is C24H30ClFN4O2. The molecule has 5 rings (SSSR count). The molecule has 2 fully saturated rings. The third-order valence-corrected chi connectivity index (χ3v) is 7.45. The normalized spacial score (nSPS) is 21.4. The maximum atomic E-state index is 14.6. The van der Waals surface area contributed by atoms with Crippen LogP contribution in [0.4, 0.5) is 4.39 Å². The van der Waals surface area contributed by atoms with Gasteiger partial charge in [-0.15, -0.1) is 12.4 Å². The van der Waals surface area contributed by atoms with Gasteiger partial charge in [0.1, 0.15) is 11.6 Å². The predicted molar refractivity (Wildman–Crippen MR) is 123 cm³/mol. The molecular weight excluding hydrogens is 431 g/mol. The molecule has 8 heteroatoms. The van der Waals surface area contributed by atoms with Crippen LogP contribution in [0, 0.1) is 18.7 Å². The number of likely N-dealkylation sites (tertiary alicyclic amines) is 1. The summed E-state index contributed by atoms with van der Waals surface area (Å²) >= 11 is 0. The molecule has 0 saturated carbocycles. The van der Waals surface area contributed by atoms with Crippen LogP contribution >= 0.6 is 12.4 Å². The first-order valence-electron chi connectivity index (χ1n) is 11.3. The minimum Gasteiger partial charge on any atom is -0.338 e. The van der Waals surface area contributed by atoms with Gasteiger partial charge in [-0.05, 0) is 82.2 Å². The molecule has 1 aromatic heterocycles. The summed E-state index contributed by atoms with van der Waals surface area (Å²) in [5, 5.41) is 3.35. The number of hydrogen-bond donors (Lipinski definition) is 2. The second kappa shape index (κ2) is 8.94. The van der Waals surface area contributed by atoms with E-state index in [2.05, 4.69) is 15.3 Å². The van der Waals surface area contributed by atoms with Crippen LogP contribution in [0.2, 0.25) is 0 Å². The Kier molecular flexibility index (Phi) is 6.41. The SMILES string of the molecule is Cc1nc2c(c(=O)[nH]1)CCC21CCN(C(=O)c2cc(CC3CCNC3)ccc2F)CC1.Cl. The molecule has 2 N–H and O–H groups in total. The monoisotopic (exact) mass is 460 g/mol. The molecule has 3 aliphatic rings. The average molecular weight is 461 g/mol. The Morgan fingerprint density at radius 2 is 2.06 bits per heavy atom. The van der Waals surface area contributed by atoms with Crippen molar-refractivity contribution in [1.82, 2.24) is 20.2 Å².